The third kappa shape index (κ3) is 3.69. The van der Waals surface area contributed by atoms with Crippen molar-refractivity contribution in [3.8, 4) is 5.75 Å². The molecule has 158 valence electrons. The Morgan fingerprint density at radius 3 is 2.57 bits per heavy atom. The van der Waals surface area contributed by atoms with Gasteiger partial charge in [0, 0.05) is 25.4 Å². The lowest BCUT2D eigenvalue weighted by molar-refractivity contribution is 0.0517. The first kappa shape index (κ1) is 20.1. The van der Waals surface area contributed by atoms with Crippen LogP contribution in [0.5, 0.6) is 5.75 Å². The molecule has 1 saturated heterocycles. The van der Waals surface area contributed by atoms with Gasteiger partial charge in [-0.2, -0.15) is 0 Å². The summed E-state index contributed by atoms with van der Waals surface area (Å²) in [5.41, 5.74) is 1.90. The predicted molar refractivity (Wildman–Crippen MR) is 108 cm³/mol. The molecule has 0 aliphatic carbocycles. The van der Waals surface area contributed by atoms with E-state index < -0.39 is 17.6 Å². The summed E-state index contributed by atoms with van der Waals surface area (Å²) in [7, 11) is 0. The normalized spacial score (nSPS) is 13.8. The highest BCUT2D eigenvalue weighted by molar-refractivity contribution is 5.90. The van der Waals surface area contributed by atoms with Crippen LogP contribution in [0.4, 0.5) is 14.5 Å². The van der Waals surface area contributed by atoms with Crippen LogP contribution in [-0.4, -0.2) is 35.1 Å². The van der Waals surface area contributed by atoms with Gasteiger partial charge < -0.3 is 14.4 Å². The Hall–Kier alpha value is -3.16. The molecule has 0 saturated carbocycles. The molecule has 0 radical (unpaired) electrons. The van der Waals surface area contributed by atoms with Gasteiger partial charge in [-0.15, -0.1) is 0 Å². The number of pyridine rings is 1. The van der Waals surface area contributed by atoms with Gasteiger partial charge in [0.2, 0.25) is 0 Å². The highest BCUT2D eigenvalue weighted by Gasteiger charge is 2.23. The van der Waals surface area contributed by atoms with Crippen LogP contribution < -0.4 is 9.64 Å². The maximum absolute atomic E-state index is 14.0. The van der Waals surface area contributed by atoms with Crippen molar-refractivity contribution in [3.05, 3.63) is 59.0 Å². The minimum absolute atomic E-state index is 0.156. The lowest BCUT2D eigenvalue weighted by Gasteiger charge is -2.20. The van der Waals surface area contributed by atoms with Crippen LogP contribution in [0.3, 0.4) is 0 Å². The number of fused-ring (bicyclic) bond motifs is 1. The van der Waals surface area contributed by atoms with Crippen molar-refractivity contribution in [1.82, 2.24) is 9.38 Å². The lowest BCUT2D eigenvalue weighted by Crippen LogP contribution is -2.19. The highest BCUT2D eigenvalue weighted by atomic mass is 19.1. The SMILES string of the molecule is CCOC(=O)c1c(C)nc2c(OCc3c(F)cccc3F)cc(N3CCCC3)cn12. The molecule has 0 N–H and O–H groups in total. The third-order valence-electron chi connectivity index (χ3n) is 5.22. The zero-order valence-corrected chi connectivity index (χ0v) is 17.0. The van der Waals surface area contributed by atoms with Crippen molar-refractivity contribution in [2.45, 2.75) is 33.3 Å². The zero-order valence-electron chi connectivity index (χ0n) is 17.0. The maximum Gasteiger partial charge on any atom is 0.357 e. The molecule has 0 spiro atoms. The average molecular weight is 415 g/mol. The number of aryl methyl sites for hydroxylation is 1. The Labute approximate surface area is 173 Å². The average Bonchev–Trinajstić information content (AvgIpc) is 3.35. The molecule has 1 aliphatic heterocycles. The van der Waals surface area contributed by atoms with E-state index in [-0.39, 0.29) is 18.8 Å². The Bertz CT molecular complexity index is 1070. The number of hydrogen-bond donors (Lipinski definition) is 0. The van der Waals surface area contributed by atoms with E-state index in [2.05, 4.69) is 9.88 Å². The number of benzene rings is 1. The second-order valence-corrected chi connectivity index (χ2v) is 7.21. The van der Waals surface area contributed by atoms with Crippen molar-refractivity contribution in [1.29, 1.82) is 0 Å². The molecule has 30 heavy (non-hydrogen) atoms. The van der Waals surface area contributed by atoms with Crippen molar-refractivity contribution >= 4 is 17.3 Å². The van der Waals surface area contributed by atoms with Crippen LogP contribution in [0, 0.1) is 18.6 Å². The minimum Gasteiger partial charge on any atom is -0.485 e. The number of ether oxygens (including phenoxy) is 2. The van der Waals surface area contributed by atoms with Crippen LogP contribution >= 0.6 is 0 Å². The first-order chi connectivity index (χ1) is 14.5. The van der Waals surface area contributed by atoms with Gasteiger partial charge in [-0.25, -0.2) is 18.6 Å². The Morgan fingerprint density at radius 2 is 1.90 bits per heavy atom. The fraction of sp³-hybridized carbons (Fsp3) is 0.364. The standard InChI is InChI=1S/C22H23F2N3O3/c1-3-29-22(28)20-14(2)25-21-19(30-13-16-17(23)7-6-8-18(16)24)11-15(12-27(20)21)26-9-4-5-10-26/h6-8,11-12H,3-5,9-10,13H2,1-2H3. The summed E-state index contributed by atoms with van der Waals surface area (Å²) in [6.07, 6.45) is 3.98. The number of anilines is 1. The van der Waals surface area contributed by atoms with Gasteiger partial charge in [-0.1, -0.05) is 6.07 Å². The zero-order chi connectivity index (χ0) is 21.3. The van der Waals surface area contributed by atoms with E-state index in [1.165, 1.54) is 18.2 Å². The molecule has 1 fully saturated rings. The fourth-order valence-electron chi connectivity index (χ4n) is 3.73. The van der Waals surface area contributed by atoms with Gasteiger partial charge in [0.1, 0.15) is 18.2 Å². The fourth-order valence-corrected chi connectivity index (χ4v) is 3.73. The van der Waals surface area contributed by atoms with Crippen molar-refractivity contribution in [2.24, 2.45) is 0 Å². The lowest BCUT2D eigenvalue weighted by atomic mass is 10.2. The summed E-state index contributed by atoms with van der Waals surface area (Å²) in [5, 5.41) is 0. The number of carbonyl (C=O) groups is 1. The van der Waals surface area contributed by atoms with Crippen molar-refractivity contribution in [3.63, 3.8) is 0 Å². The van der Waals surface area contributed by atoms with E-state index >= 15 is 0 Å². The maximum atomic E-state index is 14.0. The predicted octanol–water partition coefficient (Wildman–Crippen LogP) is 4.28. The Balaban J connectivity index is 1.79. The topological polar surface area (TPSA) is 56.1 Å². The quantitative estimate of drug-likeness (QED) is 0.563. The van der Waals surface area contributed by atoms with E-state index in [1.54, 1.807) is 24.3 Å². The molecular weight excluding hydrogens is 392 g/mol. The van der Waals surface area contributed by atoms with E-state index in [0.717, 1.165) is 31.6 Å². The smallest absolute Gasteiger partial charge is 0.357 e. The van der Waals surface area contributed by atoms with Crippen molar-refractivity contribution < 1.29 is 23.0 Å². The van der Waals surface area contributed by atoms with Crippen LogP contribution in [-0.2, 0) is 11.3 Å². The second-order valence-electron chi connectivity index (χ2n) is 7.21. The molecule has 0 atom stereocenters. The summed E-state index contributed by atoms with van der Waals surface area (Å²) in [5.74, 6) is -1.48. The second kappa shape index (κ2) is 8.30. The Morgan fingerprint density at radius 1 is 1.20 bits per heavy atom. The van der Waals surface area contributed by atoms with Gasteiger partial charge in [0.15, 0.2) is 17.1 Å². The van der Waals surface area contributed by atoms with Gasteiger partial charge in [-0.05, 0) is 38.8 Å². The van der Waals surface area contributed by atoms with Crippen molar-refractivity contribution in [2.75, 3.05) is 24.6 Å². The monoisotopic (exact) mass is 415 g/mol. The molecule has 1 aromatic carbocycles. The molecule has 6 nitrogen and oxygen atoms in total. The van der Waals surface area contributed by atoms with Gasteiger partial charge in [0.05, 0.1) is 23.6 Å². The van der Waals surface area contributed by atoms with E-state index in [4.69, 9.17) is 9.47 Å². The number of halogens is 2. The largest absolute Gasteiger partial charge is 0.485 e. The number of hydrogen-bond acceptors (Lipinski definition) is 5. The van der Waals surface area contributed by atoms with Gasteiger partial charge in [-0.3, -0.25) is 4.40 Å². The molecule has 0 bridgehead atoms. The first-order valence-corrected chi connectivity index (χ1v) is 10.00. The molecule has 0 amide bonds. The van der Waals surface area contributed by atoms with Gasteiger partial charge >= 0.3 is 5.97 Å². The summed E-state index contributed by atoms with van der Waals surface area (Å²) in [4.78, 5) is 19.2. The molecule has 8 heteroatoms. The number of aromatic nitrogens is 2. The van der Waals surface area contributed by atoms with E-state index in [1.807, 2.05) is 6.20 Å². The van der Waals surface area contributed by atoms with Crippen LogP contribution in [0.2, 0.25) is 0 Å². The molecule has 4 rings (SSSR count). The molecule has 0 unspecified atom stereocenters. The first-order valence-electron chi connectivity index (χ1n) is 10.00. The highest BCUT2D eigenvalue weighted by Crippen LogP contribution is 2.31. The van der Waals surface area contributed by atoms with E-state index in [9.17, 15) is 13.6 Å². The molecule has 1 aliphatic rings. The summed E-state index contributed by atoms with van der Waals surface area (Å²) in [6, 6.07) is 5.50. The number of carbonyl (C=O) groups excluding carboxylic acids is 1. The Kier molecular flexibility index (Phi) is 5.57. The number of rotatable bonds is 6. The van der Waals surface area contributed by atoms with Crippen LogP contribution in [0.1, 0.15) is 41.5 Å². The molecule has 3 heterocycles. The van der Waals surface area contributed by atoms with Gasteiger partial charge in [0.25, 0.3) is 0 Å². The van der Waals surface area contributed by atoms with Crippen LogP contribution in [0.25, 0.3) is 5.65 Å². The summed E-state index contributed by atoms with van der Waals surface area (Å²) in [6.45, 7) is 5.18. The number of nitrogens with zero attached hydrogens (tertiary/aromatic N) is 3. The third-order valence-corrected chi connectivity index (χ3v) is 5.22. The molecule has 3 aromatic rings. The van der Waals surface area contributed by atoms with E-state index in [0.29, 0.717) is 22.8 Å². The number of imidazole rings is 1. The van der Waals surface area contributed by atoms with Crippen LogP contribution in [0.15, 0.2) is 30.5 Å². The minimum atomic E-state index is -0.673. The number of esters is 1. The molecular formula is C22H23F2N3O3. The molecule has 2 aromatic heterocycles. The summed E-state index contributed by atoms with van der Waals surface area (Å²) < 4.78 is 40.7. The summed E-state index contributed by atoms with van der Waals surface area (Å²) >= 11 is 0.